The van der Waals surface area contributed by atoms with Crippen molar-refractivity contribution in [2.24, 2.45) is 0 Å². The molecule has 0 aliphatic heterocycles. The summed E-state index contributed by atoms with van der Waals surface area (Å²) in [5, 5.41) is 3.68. The Morgan fingerprint density at radius 3 is 2.91 bits per heavy atom. The summed E-state index contributed by atoms with van der Waals surface area (Å²) in [6, 6.07) is 4.11. The maximum Gasteiger partial charge on any atom is 0.133 e. The van der Waals surface area contributed by atoms with Crippen LogP contribution in [0, 0.1) is 0 Å². The molecule has 0 saturated heterocycles. The van der Waals surface area contributed by atoms with Crippen LogP contribution in [0.4, 0.5) is 0 Å². The van der Waals surface area contributed by atoms with Gasteiger partial charge in [-0.2, -0.15) is 0 Å². The molecule has 1 N–H and O–H groups in total. The summed E-state index contributed by atoms with van der Waals surface area (Å²) >= 11 is 5.85. The van der Waals surface area contributed by atoms with Crippen molar-refractivity contribution in [2.75, 3.05) is 7.05 Å². The minimum absolute atomic E-state index is 0.260. The molecular weight excluding hydrogens is 160 g/mol. The van der Waals surface area contributed by atoms with E-state index in [1.807, 2.05) is 26.1 Å². The monoisotopic (exact) mass is 170 g/mol. The van der Waals surface area contributed by atoms with Crippen molar-refractivity contribution in [3.8, 4) is 0 Å². The van der Waals surface area contributed by atoms with Gasteiger partial charge in [0.1, 0.15) is 5.15 Å². The Bertz CT molecular complexity index is 237. The van der Waals surface area contributed by atoms with Crippen LogP contribution in [0.1, 0.15) is 18.5 Å². The first kappa shape index (κ1) is 8.50. The van der Waals surface area contributed by atoms with E-state index < -0.39 is 0 Å². The topological polar surface area (TPSA) is 24.9 Å². The molecule has 3 heteroatoms. The quantitative estimate of drug-likeness (QED) is 0.687. The number of hydrogen-bond acceptors (Lipinski definition) is 2. The van der Waals surface area contributed by atoms with Crippen molar-refractivity contribution in [2.45, 2.75) is 13.0 Å². The first-order valence-corrected chi connectivity index (χ1v) is 3.91. The van der Waals surface area contributed by atoms with Gasteiger partial charge in [-0.3, -0.25) is 0 Å². The van der Waals surface area contributed by atoms with E-state index in [9.17, 15) is 0 Å². The lowest BCUT2D eigenvalue weighted by Crippen LogP contribution is -2.12. The lowest BCUT2D eigenvalue weighted by Gasteiger charge is -2.10. The summed E-state index contributed by atoms with van der Waals surface area (Å²) in [7, 11) is 1.90. The number of pyridine rings is 1. The second kappa shape index (κ2) is 3.69. The zero-order valence-electron chi connectivity index (χ0n) is 6.63. The third kappa shape index (κ3) is 1.91. The second-order valence-corrected chi connectivity index (χ2v) is 2.75. The summed E-state index contributed by atoms with van der Waals surface area (Å²) in [5.41, 5.74) is 1.04. The van der Waals surface area contributed by atoms with Crippen LogP contribution in [-0.2, 0) is 0 Å². The van der Waals surface area contributed by atoms with Gasteiger partial charge in [-0.15, -0.1) is 0 Å². The van der Waals surface area contributed by atoms with E-state index in [2.05, 4.69) is 10.3 Å². The highest BCUT2D eigenvalue weighted by molar-refractivity contribution is 6.30. The van der Waals surface area contributed by atoms with Crippen LogP contribution in [0.3, 0.4) is 0 Å². The first-order chi connectivity index (χ1) is 5.25. The number of rotatable bonds is 2. The van der Waals surface area contributed by atoms with Crippen molar-refractivity contribution >= 4 is 11.6 Å². The van der Waals surface area contributed by atoms with Crippen molar-refractivity contribution in [1.82, 2.24) is 10.3 Å². The van der Waals surface area contributed by atoms with Gasteiger partial charge in [0.05, 0.1) is 0 Å². The van der Waals surface area contributed by atoms with Crippen LogP contribution < -0.4 is 5.32 Å². The maximum absolute atomic E-state index is 5.85. The number of halogens is 1. The smallest absolute Gasteiger partial charge is 0.133 e. The van der Waals surface area contributed by atoms with Crippen LogP contribution in [0.25, 0.3) is 0 Å². The number of aromatic nitrogens is 1. The molecule has 60 valence electrons. The normalized spacial score (nSPS) is 13.0. The minimum atomic E-state index is 0.260. The van der Waals surface area contributed by atoms with E-state index in [0.29, 0.717) is 5.15 Å². The van der Waals surface area contributed by atoms with Crippen LogP contribution in [0.15, 0.2) is 18.3 Å². The first-order valence-electron chi connectivity index (χ1n) is 3.53. The summed E-state index contributed by atoms with van der Waals surface area (Å²) in [5.74, 6) is 0. The van der Waals surface area contributed by atoms with Gasteiger partial charge in [-0.05, 0) is 20.0 Å². The SMILES string of the molecule is CN[C@H](C)c1cccnc1Cl. The molecule has 1 atom stereocenters. The molecule has 0 aromatic carbocycles. The standard InChI is InChI=1S/C8H11ClN2/c1-6(10-2)7-4-3-5-11-8(7)9/h3-6,10H,1-2H3/t6-/m1/s1. The lowest BCUT2D eigenvalue weighted by atomic mass is 10.1. The van der Waals surface area contributed by atoms with E-state index in [1.54, 1.807) is 6.20 Å². The van der Waals surface area contributed by atoms with Crippen molar-refractivity contribution < 1.29 is 0 Å². The molecule has 1 rings (SSSR count). The van der Waals surface area contributed by atoms with Gasteiger partial charge in [0.2, 0.25) is 0 Å². The van der Waals surface area contributed by atoms with Gasteiger partial charge in [0.15, 0.2) is 0 Å². The highest BCUT2D eigenvalue weighted by atomic mass is 35.5. The predicted molar refractivity (Wildman–Crippen MR) is 46.7 cm³/mol. The maximum atomic E-state index is 5.85. The molecule has 11 heavy (non-hydrogen) atoms. The van der Waals surface area contributed by atoms with Gasteiger partial charge in [0.25, 0.3) is 0 Å². The zero-order valence-corrected chi connectivity index (χ0v) is 7.39. The highest BCUT2D eigenvalue weighted by Crippen LogP contribution is 2.18. The fourth-order valence-corrected chi connectivity index (χ4v) is 1.16. The average Bonchev–Trinajstić information content (AvgIpc) is 2.04. The zero-order chi connectivity index (χ0) is 8.27. The van der Waals surface area contributed by atoms with E-state index in [1.165, 1.54) is 0 Å². The Balaban J connectivity index is 2.93. The third-order valence-corrected chi connectivity index (χ3v) is 2.00. The molecule has 0 aliphatic rings. The van der Waals surface area contributed by atoms with Crippen molar-refractivity contribution in [1.29, 1.82) is 0 Å². The van der Waals surface area contributed by atoms with E-state index in [-0.39, 0.29) is 6.04 Å². The van der Waals surface area contributed by atoms with Crippen LogP contribution in [-0.4, -0.2) is 12.0 Å². The van der Waals surface area contributed by atoms with Gasteiger partial charge >= 0.3 is 0 Å². The molecule has 2 nitrogen and oxygen atoms in total. The summed E-state index contributed by atoms with van der Waals surface area (Å²) < 4.78 is 0. The molecule has 1 aromatic heterocycles. The molecule has 0 unspecified atom stereocenters. The molecule has 0 saturated carbocycles. The van der Waals surface area contributed by atoms with Gasteiger partial charge in [-0.25, -0.2) is 4.98 Å². The fourth-order valence-electron chi connectivity index (χ4n) is 0.877. The summed E-state index contributed by atoms with van der Waals surface area (Å²) in [6.07, 6.45) is 1.69. The largest absolute Gasteiger partial charge is 0.313 e. The molecule has 0 aliphatic carbocycles. The molecule has 1 aromatic rings. The second-order valence-electron chi connectivity index (χ2n) is 2.39. The molecule has 0 spiro atoms. The molecule has 0 amide bonds. The third-order valence-electron chi connectivity index (χ3n) is 1.69. The Hall–Kier alpha value is -0.600. The lowest BCUT2D eigenvalue weighted by molar-refractivity contribution is 0.650. The van der Waals surface area contributed by atoms with Crippen molar-refractivity contribution in [3.63, 3.8) is 0 Å². The van der Waals surface area contributed by atoms with E-state index in [0.717, 1.165) is 5.56 Å². The minimum Gasteiger partial charge on any atom is -0.313 e. The Morgan fingerprint density at radius 2 is 2.36 bits per heavy atom. The Labute approximate surface area is 71.6 Å². The van der Waals surface area contributed by atoms with Crippen LogP contribution in [0.5, 0.6) is 0 Å². The van der Waals surface area contributed by atoms with Crippen molar-refractivity contribution in [3.05, 3.63) is 29.0 Å². The van der Waals surface area contributed by atoms with E-state index in [4.69, 9.17) is 11.6 Å². The van der Waals surface area contributed by atoms with Gasteiger partial charge in [-0.1, -0.05) is 17.7 Å². The highest BCUT2D eigenvalue weighted by Gasteiger charge is 2.05. The van der Waals surface area contributed by atoms with E-state index >= 15 is 0 Å². The fraction of sp³-hybridized carbons (Fsp3) is 0.375. The predicted octanol–water partition coefficient (Wildman–Crippen LogP) is 2.02. The number of nitrogens with one attached hydrogen (secondary N) is 1. The number of hydrogen-bond donors (Lipinski definition) is 1. The Morgan fingerprint density at radius 1 is 1.64 bits per heavy atom. The molecule has 0 radical (unpaired) electrons. The van der Waals surface area contributed by atoms with Gasteiger partial charge in [0, 0.05) is 17.8 Å². The average molecular weight is 171 g/mol. The summed E-state index contributed by atoms with van der Waals surface area (Å²) in [6.45, 7) is 2.04. The van der Waals surface area contributed by atoms with Gasteiger partial charge < -0.3 is 5.32 Å². The van der Waals surface area contributed by atoms with Crippen LogP contribution in [0.2, 0.25) is 5.15 Å². The number of nitrogens with zero attached hydrogens (tertiary/aromatic N) is 1. The molecule has 0 bridgehead atoms. The molecule has 1 heterocycles. The molecule has 0 fully saturated rings. The van der Waals surface area contributed by atoms with Crippen LogP contribution >= 0.6 is 11.6 Å². The molecular formula is C8H11ClN2. The Kier molecular flexibility index (Phi) is 2.85. The summed E-state index contributed by atoms with van der Waals surface area (Å²) in [4.78, 5) is 3.97.